The third-order valence-corrected chi connectivity index (χ3v) is 5.59. The van der Waals surface area contributed by atoms with E-state index in [4.69, 9.17) is 10.5 Å². The van der Waals surface area contributed by atoms with E-state index in [-0.39, 0.29) is 23.1 Å². The molecule has 2 aromatic heterocycles. The van der Waals surface area contributed by atoms with Gasteiger partial charge in [0.15, 0.2) is 11.3 Å². The van der Waals surface area contributed by atoms with Gasteiger partial charge in [-0.1, -0.05) is 26.5 Å². The number of amides is 2. The quantitative estimate of drug-likeness (QED) is 0.270. The molecule has 11 heteroatoms. The Hall–Kier alpha value is -4.93. The summed E-state index contributed by atoms with van der Waals surface area (Å²) in [6.07, 6.45) is 1.18. The highest BCUT2D eigenvalue weighted by molar-refractivity contribution is 6.02. The Kier molecular flexibility index (Phi) is 7.05. The predicted octanol–water partition coefficient (Wildman–Crippen LogP) is 2.88. The van der Waals surface area contributed by atoms with Gasteiger partial charge in [0.05, 0.1) is 29.4 Å². The van der Waals surface area contributed by atoms with E-state index in [9.17, 15) is 14.4 Å². The Morgan fingerprint density at radius 3 is 2.59 bits per heavy atom. The molecule has 0 bridgehead atoms. The zero-order chi connectivity index (χ0) is 26.7. The Balaban J connectivity index is 1.87. The normalized spacial score (nSPS) is 10.9. The first kappa shape index (κ1) is 25.2. The topological polar surface area (TPSA) is 157 Å². The number of carbonyl (C=O) groups is 2. The number of aromatic amines is 1. The maximum Gasteiger partial charge on any atom is 0.292 e. The van der Waals surface area contributed by atoms with E-state index >= 15 is 0 Å². The number of hydrogen-bond donors (Lipinski definition) is 4. The summed E-state index contributed by atoms with van der Waals surface area (Å²) in [4.78, 5) is 36.9. The fraction of sp³-hybridized carbons (Fsp3) is 0.192. The van der Waals surface area contributed by atoms with Crippen molar-refractivity contribution >= 4 is 34.2 Å². The summed E-state index contributed by atoms with van der Waals surface area (Å²) >= 11 is 0. The summed E-state index contributed by atoms with van der Waals surface area (Å²) in [6.45, 7) is 7.98. The standard InChI is InChI=1S/C26H27N7O4/c1-5-20(34)29-16-7-9-17(10-8-16)33-23(21-22(32-33)26(36)31-30-24(21)27)15-6-11-18(19(12-15)37-4)25(35)28-13-14(2)3/h5-12,14H,1,13H2,2-4H3,(H2,27,30)(H,28,35)(H,29,34)(H,31,36). The maximum atomic E-state index is 12.7. The van der Waals surface area contributed by atoms with Gasteiger partial charge in [-0.15, -0.1) is 0 Å². The number of benzene rings is 2. The summed E-state index contributed by atoms with van der Waals surface area (Å²) in [5, 5.41) is 16.7. The molecule has 0 aliphatic carbocycles. The highest BCUT2D eigenvalue weighted by Crippen LogP contribution is 2.35. The Morgan fingerprint density at radius 2 is 1.95 bits per heavy atom. The zero-order valence-electron chi connectivity index (χ0n) is 20.7. The van der Waals surface area contributed by atoms with Crippen molar-refractivity contribution in [3.8, 4) is 22.7 Å². The molecule has 0 aliphatic rings. The van der Waals surface area contributed by atoms with Crippen LogP contribution in [0.4, 0.5) is 11.5 Å². The predicted molar refractivity (Wildman–Crippen MR) is 142 cm³/mol. The molecular formula is C26H27N7O4. The van der Waals surface area contributed by atoms with Gasteiger partial charge in [0.25, 0.3) is 11.5 Å². The molecule has 2 heterocycles. The molecule has 0 unspecified atom stereocenters. The van der Waals surface area contributed by atoms with Crippen LogP contribution < -0.4 is 26.7 Å². The lowest BCUT2D eigenvalue weighted by molar-refractivity contribution is -0.111. The molecule has 2 amide bonds. The second-order valence-corrected chi connectivity index (χ2v) is 8.68. The van der Waals surface area contributed by atoms with Gasteiger partial charge >= 0.3 is 0 Å². The lowest BCUT2D eigenvalue weighted by Gasteiger charge is -2.14. The van der Waals surface area contributed by atoms with E-state index in [0.717, 1.165) is 0 Å². The number of nitrogens with one attached hydrogen (secondary N) is 3. The molecule has 11 nitrogen and oxygen atoms in total. The van der Waals surface area contributed by atoms with Crippen molar-refractivity contribution in [1.82, 2.24) is 25.3 Å². The van der Waals surface area contributed by atoms with Crippen molar-refractivity contribution in [3.63, 3.8) is 0 Å². The number of aromatic nitrogens is 4. The molecule has 5 N–H and O–H groups in total. The van der Waals surface area contributed by atoms with Crippen LogP contribution in [-0.2, 0) is 4.79 Å². The molecular weight excluding hydrogens is 474 g/mol. The van der Waals surface area contributed by atoms with Crippen LogP contribution in [0.25, 0.3) is 27.8 Å². The van der Waals surface area contributed by atoms with Gasteiger partial charge in [0, 0.05) is 17.8 Å². The van der Waals surface area contributed by atoms with Gasteiger partial charge in [0.2, 0.25) is 5.91 Å². The summed E-state index contributed by atoms with van der Waals surface area (Å²) in [7, 11) is 1.48. The van der Waals surface area contributed by atoms with Crippen LogP contribution in [0.1, 0.15) is 24.2 Å². The Bertz CT molecular complexity index is 1550. The van der Waals surface area contributed by atoms with E-state index < -0.39 is 5.56 Å². The number of methoxy groups -OCH3 is 1. The van der Waals surface area contributed by atoms with Gasteiger partial charge in [0.1, 0.15) is 5.75 Å². The van der Waals surface area contributed by atoms with E-state index in [1.165, 1.54) is 13.2 Å². The summed E-state index contributed by atoms with van der Waals surface area (Å²) < 4.78 is 7.09. The Morgan fingerprint density at radius 1 is 1.22 bits per heavy atom. The van der Waals surface area contributed by atoms with Crippen LogP contribution in [0.2, 0.25) is 0 Å². The average molecular weight is 502 g/mol. The second kappa shape index (κ2) is 10.4. The molecule has 0 radical (unpaired) electrons. The molecule has 0 atom stereocenters. The van der Waals surface area contributed by atoms with E-state index in [1.54, 1.807) is 47.1 Å². The van der Waals surface area contributed by atoms with Crippen molar-refractivity contribution in [2.45, 2.75) is 13.8 Å². The molecule has 2 aromatic carbocycles. The van der Waals surface area contributed by atoms with E-state index in [2.05, 4.69) is 32.5 Å². The SMILES string of the molecule is C=CC(=O)Nc1ccc(-n2nc3c(=O)[nH]nc(N)c3c2-c2ccc(C(=O)NCC(C)C)c(OC)c2)cc1. The molecule has 0 saturated carbocycles. The number of anilines is 2. The third kappa shape index (κ3) is 5.06. The minimum atomic E-state index is -0.504. The lowest BCUT2D eigenvalue weighted by Crippen LogP contribution is -2.27. The van der Waals surface area contributed by atoms with Gasteiger partial charge in [-0.05, 0) is 48.4 Å². The van der Waals surface area contributed by atoms with Crippen LogP contribution in [-0.4, -0.2) is 45.4 Å². The van der Waals surface area contributed by atoms with Gasteiger partial charge in [-0.2, -0.15) is 10.2 Å². The van der Waals surface area contributed by atoms with Crippen LogP contribution in [0.3, 0.4) is 0 Å². The van der Waals surface area contributed by atoms with Crippen molar-refractivity contribution < 1.29 is 14.3 Å². The fourth-order valence-electron chi connectivity index (χ4n) is 3.79. The third-order valence-electron chi connectivity index (χ3n) is 5.59. The van der Waals surface area contributed by atoms with Gasteiger partial charge in [-0.3, -0.25) is 14.4 Å². The second-order valence-electron chi connectivity index (χ2n) is 8.68. The van der Waals surface area contributed by atoms with Crippen molar-refractivity contribution in [3.05, 3.63) is 71.0 Å². The highest BCUT2D eigenvalue weighted by Gasteiger charge is 2.22. The number of nitrogens with two attached hydrogens (primary N) is 1. The summed E-state index contributed by atoms with van der Waals surface area (Å²) in [5.74, 6) is 0.125. The number of hydrogen-bond acceptors (Lipinski definition) is 7. The number of carbonyl (C=O) groups excluding carboxylic acids is 2. The molecule has 190 valence electrons. The Labute approximate surface area is 212 Å². The summed E-state index contributed by atoms with van der Waals surface area (Å²) in [6, 6.07) is 11.9. The number of rotatable bonds is 8. The smallest absolute Gasteiger partial charge is 0.292 e. The molecule has 4 aromatic rings. The largest absolute Gasteiger partial charge is 0.496 e. The number of ether oxygens (including phenoxy) is 1. The lowest BCUT2D eigenvalue weighted by atomic mass is 10.0. The molecule has 37 heavy (non-hydrogen) atoms. The maximum absolute atomic E-state index is 12.7. The minimum absolute atomic E-state index is 0.0865. The number of H-pyrrole nitrogens is 1. The molecule has 0 saturated heterocycles. The first-order valence-corrected chi connectivity index (χ1v) is 11.5. The van der Waals surface area contributed by atoms with Crippen LogP contribution in [0.15, 0.2) is 59.9 Å². The van der Waals surface area contributed by atoms with Gasteiger partial charge < -0.3 is 21.1 Å². The van der Waals surface area contributed by atoms with Crippen LogP contribution in [0, 0.1) is 5.92 Å². The molecule has 4 rings (SSSR count). The van der Waals surface area contributed by atoms with Crippen LogP contribution in [0.5, 0.6) is 5.75 Å². The first-order valence-electron chi connectivity index (χ1n) is 11.5. The van der Waals surface area contributed by atoms with Crippen molar-refractivity contribution in [2.24, 2.45) is 5.92 Å². The number of fused-ring (bicyclic) bond motifs is 1. The molecule has 0 spiro atoms. The van der Waals surface area contributed by atoms with Crippen molar-refractivity contribution in [1.29, 1.82) is 0 Å². The van der Waals surface area contributed by atoms with Gasteiger partial charge in [-0.25, -0.2) is 9.78 Å². The summed E-state index contributed by atoms with van der Waals surface area (Å²) in [5.41, 5.74) is 8.39. The zero-order valence-corrected chi connectivity index (χ0v) is 20.7. The number of nitrogens with zero attached hydrogens (tertiary/aromatic N) is 3. The fourth-order valence-corrected chi connectivity index (χ4v) is 3.79. The monoisotopic (exact) mass is 501 g/mol. The minimum Gasteiger partial charge on any atom is -0.496 e. The molecule has 0 aliphatic heterocycles. The number of nitrogen functional groups attached to an aromatic ring is 1. The van der Waals surface area contributed by atoms with Crippen molar-refractivity contribution in [2.75, 3.05) is 24.7 Å². The average Bonchev–Trinajstić information content (AvgIpc) is 3.31. The first-order chi connectivity index (χ1) is 17.7. The van der Waals surface area contributed by atoms with E-state index in [0.29, 0.717) is 51.8 Å². The van der Waals surface area contributed by atoms with E-state index in [1.807, 2.05) is 13.8 Å². The molecule has 0 fully saturated rings. The van der Waals surface area contributed by atoms with Crippen LogP contribution >= 0.6 is 0 Å². The highest BCUT2D eigenvalue weighted by atomic mass is 16.5.